The van der Waals surface area contributed by atoms with E-state index in [1.54, 1.807) is 13.3 Å². The van der Waals surface area contributed by atoms with Crippen LogP contribution in [0.25, 0.3) is 21.9 Å². The van der Waals surface area contributed by atoms with Crippen LogP contribution in [0.2, 0.25) is 0 Å². The second-order valence-electron chi connectivity index (χ2n) is 4.36. The summed E-state index contributed by atoms with van der Waals surface area (Å²) in [4.78, 5) is 4.17. The van der Waals surface area contributed by atoms with Crippen molar-refractivity contribution in [1.82, 2.24) is 4.98 Å². The molecule has 0 atom stereocenters. The first kappa shape index (κ1) is 11.5. The molecule has 0 saturated carbocycles. The van der Waals surface area contributed by atoms with Crippen molar-refractivity contribution in [1.29, 1.82) is 0 Å². The monoisotopic (exact) mass is 250 g/mol. The fourth-order valence-electron chi connectivity index (χ4n) is 2.26. The molecule has 0 aliphatic rings. The number of rotatable bonds is 2. The summed E-state index contributed by atoms with van der Waals surface area (Å²) in [5.74, 6) is 0.835. The van der Waals surface area contributed by atoms with Gasteiger partial charge >= 0.3 is 0 Å². The average molecular weight is 250 g/mol. The first-order valence-electron chi connectivity index (χ1n) is 6.06. The van der Waals surface area contributed by atoms with Gasteiger partial charge in [0, 0.05) is 23.5 Å². The van der Waals surface area contributed by atoms with E-state index < -0.39 is 0 Å². The molecule has 0 aliphatic heterocycles. The molecule has 0 fully saturated rings. The third kappa shape index (κ3) is 1.99. The van der Waals surface area contributed by atoms with Crippen LogP contribution in [0.1, 0.15) is 0 Å². The Bertz CT molecular complexity index is 720. The molecule has 19 heavy (non-hydrogen) atoms. The zero-order valence-corrected chi connectivity index (χ0v) is 10.6. The standard InChI is InChI=1S/C16H14N2O/c1-19-16-7-6-13(11-2-4-12(17)5-3-11)14-8-9-18-10-15(14)16/h2-10H,17H2,1H3. The van der Waals surface area contributed by atoms with E-state index in [4.69, 9.17) is 10.5 Å². The van der Waals surface area contributed by atoms with Crippen LogP contribution in [0, 0.1) is 0 Å². The molecule has 0 amide bonds. The van der Waals surface area contributed by atoms with Crippen molar-refractivity contribution < 1.29 is 4.74 Å². The number of hydrogen-bond donors (Lipinski definition) is 1. The maximum atomic E-state index is 5.73. The Hall–Kier alpha value is -2.55. The van der Waals surface area contributed by atoms with Crippen molar-refractivity contribution in [3.05, 3.63) is 54.9 Å². The van der Waals surface area contributed by atoms with Crippen LogP contribution in [0.5, 0.6) is 5.75 Å². The fourth-order valence-corrected chi connectivity index (χ4v) is 2.26. The van der Waals surface area contributed by atoms with Crippen molar-refractivity contribution in [3.8, 4) is 16.9 Å². The van der Waals surface area contributed by atoms with Gasteiger partial charge in [0.05, 0.1) is 7.11 Å². The predicted molar refractivity (Wildman–Crippen MR) is 78.1 cm³/mol. The van der Waals surface area contributed by atoms with E-state index in [0.717, 1.165) is 33.3 Å². The van der Waals surface area contributed by atoms with Gasteiger partial charge in [0.2, 0.25) is 0 Å². The number of pyridine rings is 1. The molecule has 1 aromatic heterocycles. The number of nitrogens with zero attached hydrogens (tertiary/aromatic N) is 1. The first-order valence-corrected chi connectivity index (χ1v) is 6.06. The van der Waals surface area contributed by atoms with Crippen molar-refractivity contribution in [3.63, 3.8) is 0 Å². The van der Waals surface area contributed by atoms with Gasteiger partial charge in [-0.1, -0.05) is 18.2 Å². The Labute approximate surface area is 111 Å². The van der Waals surface area contributed by atoms with Gasteiger partial charge in [0.15, 0.2) is 0 Å². The summed E-state index contributed by atoms with van der Waals surface area (Å²) in [7, 11) is 1.67. The highest BCUT2D eigenvalue weighted by molar-refractivity contribution is 5.99. The van der Waals surface area contributed by atoms with Crippen LogP contribution < -0.4 is 10.5 Å². The smallest absolute Gasteiger partial charge is 0.128 e. The molecule has 94 valence electrons. The quantitative estimate of drug-likeness (QED) is 0.708. The van der Waals surface area contributed by atoms with E-state index in [-0.39, 0.29) is 0 Å². The molecule has 1 heterocycles. The second-order valence-corrected chi connectivity index (χ2v) is 4.36. The van der Waals surface area contributed by atoms with Gasteiger partial charge in [0.1, 0.15) is 5.75 Å². The molecular weight excluding hydrogens is 236 g/mol. The van der Waals surface area contributed by atoms with Crippen molar-refractivity contribution in [2.24, 2.45) is 0 Å². The highest BCUT2D eigenvalue weighted by Gasteiger charge is 2.07. The van der Waals surface area contributed by atoms with Crippen molar-refractivity contribution in [2.45, 2.75) is 0 Å². The lowest BCUT2D eigenvalue weighted by atomic mass is 9.99. The maximum absolute atomic E-state index is 5.73. The molecule has 2 aromatic carbocycles. The number of fused-ring (bicyclic) bond motifs is 1. The number of methoxy groups -OCH3 is 1. The van der Waals surface area contributed by atoms with Crippen LogP contribution in [0.3, 0.4) is 0 Å². The average Bonchev–Trinajstić information content (AvgIpc) is 2.47. The predicted octanol–water partition coefficient (Wildman–Crippen LogP) is 3.49. The number of benzene rings is 2. The lowest BCUT2D eigenvalue weighted by Crippen LogP contribution is -1.89. The van der Waals surface area contributed by atoms with Crippen LogP contribution in [-0.4, -0.2) is 12.1 Å². The number of ether oxygens (including phenoxy) is 1. The summed E-state index contributed by atoms with van der Waals surface area (Å²) in [5, 5.41) is 2.14. The van der Waals surface area contributed by atoms with Crippen molar-refractivity contribution in [2.75, 3.05) is 12.8 Å². The molecule has 0 bridgehead atoms. The van der Waals surface area contributed by atoms with Gasteiger partial charge in [-0.05, 0) is 40.8 Å². The summed E-state index contributed by atoms with van der Waals surface area (Å²) in [5.41, 5.74) is 8.78. The Morgan fingerprint density at radius 3 is 2.47 bits per heavy atom. The molecule has 0 aliphatic carbocycles. The lowest BCUT2D eigenvalue weighted by molar-refractivity contribution is 0.420. The number of hydrogen-bond acceptors (Lipinski definition) is 3. The van der Waals surface area contributed by atoms with Gasteiger partial charge in [-0.15, -0.1) is 0 Å². The van der Waals surface area contributed by atoms with Gasteiger partial charge in [-0.25, -0.2) is 0 Å². The molecule has 0 saturated heterocycles. The molecule has 2 N–H and O–H groups in total. The summed E-state index contributed by atoms with van der Waals surface area (Å²) < 4.78 is 5.38. The summed E-state index contributed by atoms with van der Waals surface area (Å²) >= 11 is 0. The van der Waals surface area contributed by atoms with Crippen LogP contribution in [0.4, 0.5) is 5.69 Å². The molecule has 3 nitrogen and oxygen atoms in total. The number of nitrogens with two attached hydrogens (primary N) is 1. The third-order valence-corrected chi connectivity index (χ3v) is 3.22. The highest BCUT2D eigenvalue weighted by atomic mass is 16.5. The van der Waals surface area contributed by atoms with E-state index >= 15 is 0 Å². The number of anilines is 1. The number of nitrogen functional groups attached to an aromatic ring is 1. The Morgan fingerprint density at radius 1 is 0.947 bits per heavy atom. The SMILES string of the molecule is COc1ccc(-c2ccc(N)cc2)c2ccncc12. The molecule has 3 heteroatoms. The Morgan fingerprint density at radius 2 is 1.74 bits per heavy atom. The van der Waals surface area contributed by atoms with Gasteiger partial charge in [0.25, 0.3) is 0 Å². The highest BCUT2D eigenvalue weighted by Crippen LogP contribution is 2.33. The van der Waals surface area contributed by atoms with Crippen LogP contribution >= 0.6 is 0 Å². The van der Waals surface area contributed by atoms with Crippen molar-refractivity contribution >= 4 is 16.5 Å². The molecule has 0 spiro atoms. The third-order valence-electron chi connectivity index (χ3n) is 3.22. The van der Waals surface area contributed by atoms with E-state index in [0.29, 0.717) is 0 Å². The van der Waals surface area contributed by atoms with E-state index in [1.165, 1.54) is 0 Å². The van der Waals surface area contributed by atoms with Gasteiger partial charge in [-0.3, -0.25) is 4.98 Å². The minimum Gasteiger partial charge on any atom is -0.496 e. The molecular formula is C16H14N2O. The maximum Gasteiger partial charge on any atom is 0.128 e. The molecule has 0 radical (unpaired) electrons. The molecule has 0 unspecified atom stereocenters. The normalized spacial score (nSPS) is 10.6. The van der Waals surface area contributed by atoms with Gasteiger partial charge in [-0.2, -0.15) is 0 Å². The largest absolute Gasteiger partial charge is 0.496 e. The van der Waals surface area contributed by atoms with Crippen LogP contribution in [-0.2, 0) is 0 Å². The van der Waals surface area contributed by atoms with Crippen LogP contribution in [0.15, 0.2) is 54.9 Å². The Kier molecular flexibility index (Phi) is 2.80. The first-order chi connectivity index (χ1) is 9.29. The van der Waals surface area contributed by atoms with E-state index in [2.05, 4.69) is 11.1 Å². The van der Waals surface area contributed by atoms with Gasteiger partial charge < -0.3 is 10.5 Å². The fraction of sp³-hybridized carbons (Fsp3) is 0.0625. The zero-order chi connectivity index (χ0) is 13.2. The minimum absolute atomic E-state index is 0.767. The number of aromatic nitrogens is 1. The molecule has 3 aromatic rings. The summed E-state index contributed by atoms with van der Waals surface area (Å²) in [6.07, 6.45) is 3.62. The zero-order valence-electron chi connectivity index (χ0n) is 10.6. The minimum atomic E-state index is 0.767. The second kappa shape index (κ2) is 4.61. The summed E-state index contributed by atoms with van der Waals surface area (Å²) in [6, 6.07) is 13.9. The Balaban J connectivity index is 2.27. The van der Waals surface area contributed by atoms with E-state index in [9.17, 15) is 0 Å². The lowest BCUT2D eigenvalue weighted by Gasteiger charge is -2.10. The van der Waals surface area contributed by atoms with E-state index in [1.807, 2.05) is 42.6 Å². The topological polar surface area (TPSA) is 48.1 Å². The molecule has 3 rings (SSSR count). The summed E-state index contributed by atoms with van der Waals surface area (Å²) in [6.45, 7) is 0.